The molecule has 16 heavy (non-hydrogen) atoms. The minimum atomic E-state index is 0.629. The molecular weight excluding hydrogens is 268 g/mol. The van der Waals surface area contributed by atoms with Gasteiger partial charge in [-0.05, 0) is 40.4 Å². The number of hydrogen-bond acceptors (Lipinski definition) is 2. The predicted octanol–water partition coefficient (Wildman–Crippen LogP) is 2.68. The second-order valence-corrected chi connectivity index (χ2v) is 5.17. The molecule has 0 amide bonds. The minimum absolute atomic E-state index is 0.629. The van der Waals surface area contributed by atoms with Gasteiger partial charge in [0.05, 0.1) is 11.7 Å². The van der Waals surface area contributed by atoms with Crippen LogP contribution in [0.3, 0.4) is 0 Å². The van der Waals surface area contributed by atoms with Crippen molar-refractivity contribution >= 4 is 21.4 Å². The summed E-state index contributed by atoms with van der Waals surface area (Å²) >= 11 is 3.49. The number of nitrogens with zero attached hydrogens (tertiary/aromatic N) is 2. The highest BCUT2D eigenvalue weighted by Gasteiger charge is 2.18. The molecule has 0 radical (unpaired) electrons. The number of ether oxygens (including phenoxy) is 1. The number of hydrogen-bond donors (Lipinski definition) is 0. The van der Waals surface area contributed by atoms with Crippen molar-refractivity contribution in [2.75, 3.05) is 13.2 Å². The molecule has 1 aliphatic rings. The second-order valence-electron chi connectivity index (χ2n) is 4.25. The monoisotopic (exact) mass is 280 g/mol. The van der Waals surface area contributed by atoms with Crippen LogP contribution in [0.5, 0.6) is 0 Å². The SMILES string of the molecule is Brc1ccc2cnc(CC3CCOC3)n2c1. The fraction of sp³-hybridized carbons (Fsp3) is 0.417. The number of rotatable bonds is 2. The summed E-state index contributed by atoms with van der Waals surface area (Å²) in [5.74, 6) is 1.76. The zero-order chi connectivity index (χ0) is 11.0. The summed E-state index contributed by atoms with van der Waals surface area (Å²) in [6, 6.07) is 4.12. The first-order chi connectivity index (χ1) is 7.83. The Balaban J connectivity index is 1.93. The fourth-order valence-corrected chi connectivity index (χ4v) is 2.51. The topological polar surface area (TPSA) is 26.5 Å². The van der Waals surface area contributed by atoms with Crippen LogP contribution in [0.25, 0.3) is 5.52 Å². The molecule has 2 aromatic rings. The molecule has 0 N–H and O–H groups in total. The van der Waals surface area contributed by atoms with E-state index in [0.29, 0.717) is 5.92 Å². The molecule has 1 aliphatic heterocycles. The van der Waals surface area contributed by atoms with Crippen LogP contribution in [0.2, 0.25) is 0 Å². The smallest absolute Gasteiger partial charge is 0.113 e. The lowest BCUT2D eigenvalue weighted by Crippen LogP contribution is -2.07. The van der Waals surface area contributed by atoms with Gasteiger partial charge < -0.3 is 9.14 Å². The molecule has 1 saturated heterocycles. The normalized spacial score (nSPS) is 20.7. The highest BCUT2D eigenvalue weighted by atomic mass is 79.9. The van der Waals surface area contributed by atoms with E-state index < -0.39 is 0 Å². The highest BCUT2D eigenvalue weighted by molar-refractivity contribution is 9.10. The Morgan fingerprint density at radius 3 is 3.25 bits per heavy atom. The van der Waals surface area contributed by atoms with Crippen molar-refractivity contribution in [1.82, 2.24) is 9.38 Å². The molecule has 4 heteroatoms. The Morgan fingerprint density at radius 1 is 1.50 bits per heavy atom. The summed E-state index contributed by atoms with van der Waals surface area (Å²) in [5.41, 5.74) is 1.15. The van der Waals surface area contributed by atoms with Crippen LogP contribution in [0.4, 0.5) is 0 Å². The maximum Gasteiger partial charge on any atom is 0.113 e. The van der Waals surface area contributed by atoms with E-state index in [0.717, 1.165) is 41.9 Å². The summed E-state index contributed by atoms with van der Waals surface area (Å²) < 4.78 is 8.64. The van der Waals surface area contributed by atoms with E-state index in [1.807, 2.05) is 12.3 Å². The molecule has 1 atom stereocenters. The quantitative estimate of drug-likeness (QED) is 0.846. The summed E-state index contributed by atoms with van der Waals surface area (Å²) in [7, 11) is 0. The first kappa shape index (κ1) is 10.3. The maximum absolute atomic E-state index is 5.40. The minimum Gasteiger partial charge on any atom is -0.381 e. The molecule has 3 nitrogen and oxygen atoms in total. The van der Waals surface area contributed by atoms with E-state index in [4.69, 9.17) is 4.74 Å². The molecule has 0 bridgehead atoms. The van der Waals surface area contributed by atoms with Gasteiger partial charge in [-0.15, -0.1) is 0 Å². The van der Waals surface area contributed by atoms with E-state index in [-0.39, 0.29) is 0 Å². The highest BCUT2D eigenvalue weighted by Crippen LogP contribution is 2.20. The van der Waals surface area contributed by atoms with Crippen molar-refractivity contribution in [2.45, 2.75) is 12.8 Å². The molecule has 84 valence electrons. The third-order valence-corrected chi connectivity index (χ3v) is 3.53. The third kappa shape index (κ3) is 1.87. The molecule has 1 unspecified atom stereocenters. The Bertz CT molecular complexity index is 503. The zero-order valence-corrected chi connectivity index (χ0v) is 10.5. The van der Waals surface area contributed by atoms with Gasteiger partial charge in [-0.25, -0.2) is 4.98 Å². The van der Waals surface area contributed by atoms with Crippen LogP contribution in [-0.2, 0) is 11.2 Å². The van der Waals surface area contributed by atoms with Gasteiger partial charge in [-0.1, -0.05) is 0 Å². The van der Waals surface area contributed by atoms with Crippen LogP contribution in [0.15, 0.2) is 29.0 Å². The average Bonchev–Trinajstić information content (AvgIpc) is 2.90. The van der Waals surface area contributed by atoms with Gasteiger partial charge in [-0.3, -0.25) is 0 Å². The van der Waals surface area contributed by atoms with Crippen molar-refractivity contribution < 1.29 is 4.74 Å². The van der Waals surface area contributed by atoms with Gasteiger partial charge in [-0.2, -0.15) is 0 Å². The van der Waals surface area contributed by atoms with Crippen LogP contribution in [-0.4, -0.2) is 22.6 Å². The average molecular weight is 281 g/mol. The van der Waals surface area contributed by atoms with Crippen molar-refractivity contribution in [2.24, 2.45) is 5.92 Å². The molecule has 0 saturated carbocycles. The van der Waals surface area contributed by atoms with Gasteiger partial charge in [0, 0.05) is 30.3 Å². The van der Waals surface area contributed by atoms with Crippen molar-refractivity contribution in [3.8, 4) is 0 Å². The molecule has 3 heterocycles. The lowest BCUT2D eigenvalue weighted by Gasteiger charge is -2.06. The van der Waals surface area contributed by atoms with Crippen molar-refractivity contribution in [3.63, 3.8) is 0 Å². The summed E-state index contributed by atoms with van der Waals surface area (Å²) in [6.07, 6.45) is 6.17. The second kappa shape index (κ2) is 4.18. The zero-order valence-electron chi connectivity index (χ0n) is 8.90. The first-order valence-electron chi connectivity index (χ1n) is 5.52. The maximum atomic E-state index is 5.40. The number of pyridine rings is 1. The summed E-state index contributed by atoms with van der Waals surface area (Å²) in [5, 5.41) is 0. The molecular formula is C12H13BrN2O. The largest absolute Gasteiger partial charge is 0.381 e. The van der Waals surface area contributed by atoms with Crippen LogP contribution in [0.1, 0.15) is 12.2 Å². The van der Waals surface area contributed by atoms with E-state index in [1.54, 1.807) is 0 Å². The van der Waals surface area contributed by atoms with Crippen LogP contribution < -0.4 is 0 Å². The Morgan fingerprint density at radius 2 is 2.44 bits per heavy atom. The van der Waals surface area contributed by atoms with Gasteiger partial charge in [0.15, 0.2) is 0 Å². The Hall–Kier alpha value is -0.870. The van der Waals surface area contributed by atoms with E-state index in [1.165, 1.54) is 0 Å². The van der Waals surface area contributed by atoms with E-state index in [2.05, 4.69) is 37.6 Å². The number of imidazole rings is 1. The first-order valence-corrected chi connectivity index (χ1v) is 6.31. The Labute approximate surface area is 103 Å². The standard InChI is InChI=1S/C12H13BrN2O/c13-10-1-2-11-6-14-12(15(11)7-10)5-9-3-4-16-8-9/h1-2,6-7,9H,3-5,8H2. The van der Waals surface area contributed by atoms with E-state index >= 15 is 0 Å². The third-order valence-electron chi connectivity index (χ3n) is 3.06. The van der Waals surface area contributed by atoms with Crippen molar-refractivity contribution in [3.05, 3.63) is 34.8 Å². The molecule has 2 aromatic heterocycles. The van der Waals surface area contributed by atoms with E-state index in [9.17, 15) is 0 Å². The summed E-state index contributed by atoms with van der Waals surface area (Å²) in [4.78, 5) is 4.49. The number of aromatic nitrogens is 2. The molecule has 0 spiro atoms. The van der Waals surface area contributed by atoms with Gasteiger partial charge in [0.25, 0.3) is 0 Å². The van der Waals surface area contributed by atoms with Crippen LogP contribution >= 0.6 is 15.9 Å². The van der Waals surface area contributed by atoms with Gasteiger partial charge in [0.1, 0.15) is 5.82 Å². The van der Waals surface area contributed by atoms with Gasteiger partial charge in [0.2, 0.25) is 0 Å². The number of fused-ring (bicyclic) bond motifs is 1. The molecule has 0 aliphatic carbocycles. The molecule has 0 aromatic carbocycles. The van der Waals surface area contributed by atoms with Crippen LogP contribution in [0, 0.1) is 5.92 Å². The van der Waals surface area contributed by atoms with Gasteiger partial charge >= 0.3 is 0 Å². The summed E-state index contributed by atoms with van der Waals surface area (Å²) in [6.45, 7) is 1.78. The molecule has 1 fully saturated rings. The fourth-order valence-electron chi connectivity index (χ4n) is 2.17. The Kier molecular flexibility index (Phi) is 2.69. The lowest BCUT2D eigenvalue weighted by atomic mass is 10.1. The number of halogens is 1. The molecule has 3 rings (SSSR count). The predicted molar refractivity (Wildman–Crippen MR) is 65.5 cm³/mol. The van der Waals surface area contributed by atoms with Crippen molar-refractivity contribution in [1.29, 1.82) is 0 Å². The lowest BCUT2D eigenvalue weighted by molar-refractivity contribution is 0.185.